The van der Waals surface area contributed by atoms with Gasteiger partial charge in [0.15, 0.2) is 0 Å². The molecule has 0 spiro atoms. The van der Waals surface area contributed by atoms with Gasteiger partial charge in [-0.25, -0.2) is 0 Å². The molecule has 0 aliphatic heterocycles. The second-order valence-electron chi connectivity index (χ2n) is 4.93. The van der Waals surface area contributed by atoms with E-state index in [0.29, 0.717) is 19.5 Å². The first-order chi connectivity index (χ1) is 10.2. The number of nitrogens with one attached hydrogen (secondary N) is 1. The lowest BCUT2D eigenvalue weighted by Crippen LogP contribution is -2.23. The Labute approximate surface area is 122 Å². The Morgan fingerprint density at radius 2 is 2.14 bits per heavy atom. The number of hydrogen-bond acceptors (Lipinski definition) is 3. The number of hydrogen-bond donors (Lipinski definition) is 1. The summed E-state index contributed by atoms with van der Waals surface area (Å²) in [5.41, 5.74) is 2.05. The van der Waals surface area contributed by atoms with Gasteiger partial charge in [0.05, 0.1) is 30.6 Å². The Bertz CT molecular complexity index is 744. The summed E-state index contributed by atoms with van der Waals surface area (Å²) in [6.45, 7) is 2.97. The van der Waals surface area contributed by atoms with Crippen LogP contribution in [-0.2, 0) is 17.9 Å². The Hall–Kier alpha value is -2.56. The molecule has 21 heavy (non-hydrogen) atoms. The van der Waals surface area contributed by atoms with Crippen LogP contribution in [0.25, 0.3) is 10.9 Å². The molecule has 0 aliphatic rings. The van der Waals surface area contributed by atoms with E-state index in [1.165, 1.54) is 0 Å². The van der Waals surface area contributed by atoms with Crippen molar-refractivity contribution in [2.75, 3.05) is 0 Å². The topological polar surface area (TPSA) is 60.1 Å². The molecule has 2 heterocycles. The van der Waals surface area contributed by atoms with Crippen LogP contribution in [0.5, 0.6) is 0 Å². The van der Waals surface area contributed by atoms with Gasteiger partial charge in [-0.05, 0) is 25.1 Å². The number of amides is 1. The third kappa shape index (κ3) is 2.97. The number of aromatic nitrogens is 2. The summed E-state index contributed by atoms with van der Waals surface area (Å²) in [5.74, 6) is 0.743. The van der Waals surface area contributed by atoms with Crippen LogP contribution < -0.4 is 5.32 Å². The van der Waals surface area contributed by atoms with Gasteiger partial charge in [0.1, 0.15) is 5.76 Å². The van der Waals surface area contributed by atoms with Crippen molar-refractivity contribution >= 4 is 16.8 Å². The van der Waals surface area contributed by atoms with Crippen molar-refractivity contribution < 1.29 is 9.21 Å². The molecule has 5 heteroatoms. The first kappa shape index (κ1) is 13.4. The fourth-order valence-electron chi connectivity index (χ4n) is 2.36. The van der Waals surface area contributed by atoms with Crippen molar-refractivity contribution in [3.63, 3.8) is 0 Å². The van der Waals surface area contributed by atoms with Crippen molar-refractivity contribution in [2.24, 2.45) is 0 Å². The predicted molar refractivity (Wildman–Crippen MR) is 79.6 cm³/mol. The molecule has 0 saturated carbocycles. The van der Waals surface area contributed by atoms with Crippen molar-refractivity contribution in [3.8, 4) is 0 Å². The fourth-order valence-corrected chi connectivity index (χ4v) is 2.36. The molecule has 0 aliphatic carbocycles. The molecule has 1 amide bonds. The van der Waals surface area contributed by atoms with Gasteiger partial charge in [-0.15, -0.1) is 0 Å². The monoisotopic (exact) mass is 283 g/mol. The first-order valence-electron chi connectivity index (χ1n) is 6.95. The quantitative estimate of drug-likeness (QED) is 0.783. The van der Waals surface area contributed by atoms with Crippen LogP contribution in [0.2, 0.25) is 0 Å². The second kappa shape index (κ2) is 5.83. The highest BCUT2D eigenvalue weighted by molar-refractivity contribution is 5.82. The van der Waals surface area contributed by atoms with Crippen LogP contribution in [0.1, 0.15) is 17.9 Å². The lowest BCUT2D eigenvalue weighted by molar-refractivity contribution is -0.121. The zero-order chi connectivity index (χ0) is 14.7. The van der Waals surface area contributed by atoms with Crippen LogP contribution >= 0.6 is 0 Å². The summed E-state index contributed by atoms with van der Waals surface area (Å²) in [4.78, 5) is 11.9. The minimum atomic E-state index is -0.0105. The molecule has 3 rings (SSSR count). The maximum Gasteiger partial charge on any atom is 0.222 e. The Kier molecular flexibility index (Phi) is 3.73. The average molecular weight is 283 g/mol. The van der Waals surface area contributed by atoms with Crippen LogP contribution in [0.15, 0.2) is 47.1 Å². The summed E-state index contributed by atoms with van der Waals surface area (Å²) >= 11 is 0. The van der Waals surface area contributed by atoms with Gasteiger partial charge in [-0.3, -0.25) is 9.48 Å². The second-order valence-corrected chi connectivity index (χ2v) is 4.93. The maximum absolute atomic E-state index is 11.9. The van der Waals surface area contributed by atoms with E-state index in [-0.39, 0.29) is 5.91 Å². The van der Waals surface area contributed by atoms with E-state index < -0.39 is 0 Å². The van der Waals surface area contributed by atoms with Gasteiger partial charge in [0.25, 0.3) is 0 Å². The normalized spacial score (nSPS) is 10.9. The first-order valence-corrected chi connectivity index (χ1v) is 6.95. The van der Waals surface area contributed by atoms with Crippen LogP contribution in [0.3, 0.4) is 0 Å². The zero-order valence-electron chi connectivity index (χ0n) is 11.9. The summed E-state index contributed by atoms with van der Waals surface area (Å²) in [6.07, 6.45) is 1.99. The molecule has 0 unspecified atom stereocenters. The van der Waals surface area contributed by atoms with E-state index in [1.807, 2.05) is 41.9 Å². The van der Waals surface area contributed by atoms with E-state index >= 15 is 0 Å². The molecule has 0 bridgehead atoms. The minimum absolute atomic E-state index is 0.0105. The van der Waals surface area contributed by atoms with Crippen LogP contribution in [-0.4, -0.2) is 15.7 Å². The highest BCUT2D eigenvalue weighted by Crippen LogP contribution is 2.17. The number of para-hydroxylation sites is 1. The molecule has 108 valence electrons. The number of furan rings is 1. The van der Waals surface area contributed by atoms with Gasteiger partial charge in [-0.1, -0.05) is 18.2 Å². The number of nitrogens with zero attached hydrogens (tertiary/aromatic N) is 2. The van der Waals surface area contributed by atoms with E-state index in [1.54, 1.807) is 12.3 Å². The average Bonchev–Trinajstić information content (AvgIpc) is 3.12. The molecule has 0 atom stereocenters. The van der Waals surface area contributed by atoms with Crippen molar-refractivity contribution in [1.82, 2.24) is 15.1 Å². The highest BCUT2D eigenvalue weighted by atomic mass is 16.3. The van der Waals surface area contributed by atoms with E-state index in [0.717, 1.165) is 22.4 Å². The molecule has 0 fully saturated rings. The number of rotatable bonds is 5. The Morgan fingerprint density at radius 3 is 2.95 bits per heavy atom. The number of aryl methyl sites for hydroxylation is 2. The molecule has 5 nitrogen and oxygen atoms in total. The number of benzene rings is 1. The minimum Gasteiger partial charge on any atom is -0.467 e. The van der Waals surface area contributed by atoms with Crippen LogP contribution in [0.4, 0.5) is 0 Å². The predicted octanol–water partition coefficient (Wildman–Crippen LogP) is 2.64. The van der Waals surface area contributed by atoms with Gasteiger partial charge < -0.3 is 9.73 Å². The molecule has 0 saturated heterocycles. The molecular formula is C16H17N3O2. The third-order valence-electron chi connectivity index (χ3n) is 3.43. The SMILES string of the molecule is Cc1nn(CCC(=O)NCc2ccco2)c2ccccc12. The molecule has 2 aromatic heterocycles. The molecule has 0 radical (unpaired) electrons. The van der Waals surface area contributed by atoms with Crippen molar-refractivity contribution in [1.29, 1.82) is 0 Å². The lowest BCUT2D eigenvalue weighted by atomic mass is 10.2. The standard InChI is InChI=1S/C16H17N3O2/c1-12-14-6-2-3-7-15(14)19(18-12)9-8-16(20)17-11-13-5-4-10-21-13/h2-7,10H,8-9,11H2,1H3,(H,17,20). The highest BCUT2D eigenvalue weighted by Gasteiger charge is 2.08. The molecule has 1 N–H and O–H groups in total. The Balaban J connectivity index is 1.60. The molecular weight excluding hydrogens is 266 g/mol. The third-order valence-corrected chi connectivity index (χ3v) is 3.43. The van der Waals surface area contributed by atoms with Gasteiger partial charge in [-0.2, -0.15) is 5.10 Å². The summed E-state index contributed by atoms with van der Waals surface area (Å²) in [5, 5.41) is 8.46. The summed E-state index contributed by atoms with van der Waals surface area (Å²) in [6, 6.07) is 11.7. The van der Waals surface area contributed by atoms with E-state index in [4.69, 9.17) is 4.42 Å². The fraction of sp³-hybridized carbons (Fsp3) is 0.250. The van der Waals surface area contributed by atoms with Gasteiger partial charge in [0.2, 0.25) is 5.91 Å². The van der Waals surface area contributed by atoms with E-state index in [9.17, 15) is 4.79 Å². The lowest BCUT2D eigenvalue weighted by Gasteiger charge is -2.05. The number of fused-ring (bicyclic) bond motifs is 1. The molecule has 1 aromatic carbocycles. The van der Waals surface area contributed by atoms with Crippen molar-refractivity contribution in [3.05, 3.63) is 54.1 Å². The number of carbonyl (C=O) groups is 1. The maximum atomic E-state index is 11.9. The zero-order valence-corrected chi connectivity index (χ0v) is 11.9. The molecule has 3 aromatic rings. The van der Waals surface area contributed by atoms with Gasteiger partial charge in [0, 0.05) is 11.8 Å². The van der Waals surface area contributed by atoms with Crippen LogP contribution in [0, 0.1) is 6.92 Å². The summed E-state index contributed by atoms with van der Waals surface area (Å²) in [7, 11) is 0. The smallest absolute Gasteiger partial charge is 0.222 e. The Morgan fingerprint density at radius 1 is 1.29 bits per heavy atom. The largest absolute Gasteiger partial charge is 0.467 e. The number of carbonyl (C=O) groups excluding carboxylic acids is 1. The summed E-state index contributed by atoms with van der Waals surface area (Å²) < 4.78 is 7.06. The van der Waals surface area contributed by atoms with Gasteiger partial charge >= 0.3 is 0 Å². The van der Waals surface area contributed by atoms with E-state index in [2.05, 4.69) is 10.4 Å². The van der Waals surface area contributed by atoms with Crippen molar-refractivity contribution in [2.45, 2.75) is 26.4 Å².